The van der Waals surface area contributed by atoms with Gasteiger partial charge in [-0.2, -0.15) is 5.10 Å². The van der Waals surface area contributed by atoms with Gasteiger partial charge in [-0.3, -0.25) is 9.58 Å². The summed E-state index contributed by atoms with van der Waals surface area (Å²) in [7, 11) is 4.22. The highest BCUT2D eigenvalue weighted by Crippen LogP contribution is 2.34. The summed E-state index contributed by atoms with van der Waals surface area (Å²) in [5, 5.41) is 4.26. The van der Waals surface area contributed by atoms with E-state index in [2.05, 4.69) is 30.2 Å². The second-order valence-electron chi connectivity index (χ2n) is 6.47. The molecule has 0 aliphatic heterocycles. The lowest BCUT2D eigenvalue weighted by Crippen LogP contribution is -2.44. The van der Waals surface area contributed by atoms with Crippen LogP contribution in [0.5, 0.6) is 0 Å². The number of hydrogen-bond acceptors (Lipinski definition) is 3. The third kappa shape index (κ3) is 3.83. The molecule has 0 bridgehead atoms. The molecule has 0 saturated heterocycles. The maximum atomic E-state index is 6.01. The summed E-state index contributed by atoms with van der Waals surface area (Å²) < 4.78 is 1.88. The Morgan fingerprint density at radius 2 is 2.25 bits per heavy atom. The maximum Gasteiger partial charge on any atom is 0.0534 e. The van der Waals surface area contributed by atoms with Crippen molar-refractivity contribution in [2.45, 2.75) is 51.6 Å². The first-order chi connectivity index (χ1) is 9.63. The zero-order valence-electron chi connectivity index (χ0n) is 13.3. The topological polar surface area (TPSA) is 47.1 Å². The van der Waals surface area contributed by atoms with E-state index in [1.807, 2.05) is 17.9 Å². The molecule has 1 saturated carbocycles. The summed E-state index contributed by atoms with van der Waals surface area (Å²) in [6, 6.07) is 0.630. The van der Waals surface area contributed by atoms with Gasteiger partial charge in [0, 0.05) is 31.4 Å². The lowest BCUT2D eigenvalue weighted by molar-refractivity contribution is 0.0947. The highest BCUT2D eigenvalue weighted by Gasteiger charge is 2.31. The number of nitrogens with two attached hydrogens (primary N) is 1. The van der Waals surface area contributed by atoms with E-state index in [0.717, 1.165) is 19.0 Å². The molecule has 0 spiro atoms. The molecular formula is C16H30N4. The van der Waals surface area contributed by atoms with Gasteiger partial charge in [-0.05, 0) is 38.3 Å². The molecule has 1 heterocycles. The summed E-state index contributed by atoms with van der Waals surface area (Å²) in [4.78, 5) is 2.50. The molecule has 3 unspecified atom stereocenters. The van der Waals surface area contributed by atoms with Crippen molar-refractivity contribution in [3.05, 3.63) is 18.0 Å². The Hall–Kier alpha value is -0.870. The van der Waals surface area contributed by atoms with Crippen LogP contribution in [0.25, 0.3) is 0 Å². The quantitative estimate of drug-likeness (QED) is 0.869. The summed E-state index contributed by atoms with van der Waals surface area (Å²) in [5.41, 5.74) is 7.30. The van der Waals surface area contributed by atoms with Crippen LogP contribution >= 0.6 is 0 Å². The van der Waals surface area contributed by atoms with Crippen molar-refractivity contribution in [2.75, 3.05) is 13.6 Å². The fraction of sp³-hybridized carbons (Fsp3) is 0.812. The molecule has 20 heavy (non-hydrogen) atoms. The fourth-order valence-corrected chi connectivity index (χ4v) is 3.74. The van der Waals surface area contributed by atoms with Crippen molar-refractivity contribution in [1.29, 1.82) is 0 Å². The molecule has 0 amide bonds. The molecule has 2 rings (SSSR count). The van der Waals surface area contributed by atoms with Gasteiger partial charge in [-0.15, -0.1) is 0 Å². The summed E-state index contributed by atoms with van der Waals surface area (Å²) in [6.07, 6.45) is 10.7. The van der Waals surface area contributed by atoms with Crippen molar-refractivity contribution in [2.24, 2.45) is 24.6 Å². The summed E-state index contributed by atoms with van der Waals surface area (Å²) in [5.74, 6) is 1.55. The van der Waals surface area contributed by atoms with Gasteiger partial charge in [-0.1, -0.05) is 26.2 Å². The van der Waals surface area contributed by atoms with E-state index >= 15 is 0 Å². The van der Waals surface area contributed by atoms with Crippen molar-refractivity contribution < 1.29 is 0 Å². The van der Waals surface area contributed by atoms with Crippen LogP contribution in [0.1, 0.15) is 44.6 Å². The van der Waals surface area contributed by atoms with Gasteiger partial charge in [0.1, 0.15) is 0 Å². The Balaban J connectivity index is 1.98. The molecule has 2 N–H and O–H groups in total. The van der Waals surface area contributed by atoms with Crippen LogP contribution in [0.15, 0.2) is 12.4 Å². The van der Waals surface area contributed by atoms with Gasteiger partial charge < -0.3 is 5.73 Å². The van der Waals surface area contributed by atoms with Gasteiger partial charge >= 0.3 is 0 Å². The van der Waals surface area contributed by atoms with E-state index in [4.69, 9.17) is 5.73 Å². The van der Waals surface area contributed by atoms with Crippen molar-refractivity contribution in [3.8, 4) is 0 Å². The normalized spacial score (nSPS) is 27.1. The SMILES string of the molecule is CCCC1CCC(CN)C(N(C)Cc2cnn(C)c2)C1. The van der Waals surface area contributed by atoms with Crippen LogP contribution in [0.4, 0.5) is 0 Å². The highest BCUT2D eigenvalue weighted by molar-refractivity contribution is 5.04. The molecule has 1 aromatic heterocycles. The van der Waals surface area contributed by atoms with Crippen LogP contribution in [0, 0.1) is 11.8 Å². The van der Waals surface area contributed by atoms with Crippen LogP contribution in [-0.2, 0) is 13.6 Å². The van der Waals surface area contributed by atoms with Crippen LogP contribution in [-0.4, -0.2) is 34.3 Å². The Morgan fingerprint density at radius 3 is 2.85 bits per heavy atom. The zero-order chi connectivity index (χ0) is 14.5. The second-order valence-corrected chi connectivity index (χ2v) is 6.47. The van der Waals surface area contributed by atoms with Crippen molar-refractivity contribution in [3.63, 3.8) is 0 Å². The van der Waals surface area contributed by atoms with Crippen LogP contribution in [0.3, 0.4) is 0 Å². The minimum atomic E-state index is 0.630. The van der Waals surface area contributed by atoms with Gasteiger partial charge in [0.05, 0.1) is 6.20 Å². The third-order valence-electron chi connectivity index (χ3n) is 4.82. The van der Waals surface area contributed by atoms with E-state index in [0.29, 0.717) is 12.0 Å². The van der Waals surface area contributed by atoms with E-state index in [1.54, 1.807) is 0 Å². The molecule has 114 valence electrons. The molecule has 1 aliphatic rings. The van der Waals surface area contributed by atoms with Crippen molar-refractivity contribution in [1.82, 2.24) is 14.7 Å². The molecule has 1 aromatic rings. The molecule has 0 radical (unpaired) electrons. The Labute approximate surface area is 123 Å². The van der Waals surface area contributed by atoms with Gasteiger partial charge in [0.15, 0.2) is 0 Å². The maximum absolute atomic E-state index is 6.01. The first-order valence-corrected chi connectivity index (χ1v) is 8.01. The first kappa shape index (κ1) is 15.5. The van der Waals surface area contributed by atoms with E-state index < -0.39 is 0 Å². The molecule has 4 nitrogen and oxygen atoms in total. The predicted molar refractivity (Wildman–Crippen MR) is 83.3 cm³/mol. The first-order valence-electron chi connectivity index (χ1n) is 8.01. The predicted octanol–water partition coefficient (Wildman–Crippen LogP) is 2.40. The molecule has 0 aromatic carbocycles. The molecule has 4 heteroatoms. The fourth-order valence-electron chi connectivity index (χ4n) is 3.74. The van der Waals surface area contributed by atoms with Crippen LogP contribution < -0.4 is 5.73 Å². The minimum Gasteiger partial charge on any atom is -0.330 e. The Morgan fingerprint density at radius 1 is 1.45 bits per heavy atom. The lowest BCUT2D eigenvalue weighted by Gasteiger charge is -2.41. The molecule has 1 fully saturated rings. The largest absolute Gasteiger partial charge is 0.330 e. The smallest absolute Gasteiger partial charge is 0.0534 e. The summed E-state index contributed by atoms with van der Waals surface area (Å²) >= 11 is 0. The Bertz CT molecular complexity index is 401. The van der Waals surface area contributed by atoms with E-state index in [1.165, 1.54) is 37.7 Å². The average molecular weight is 278 g/mol. The monoisotopic (exact) mass is 278 g/mol. The zero-order valence-corrected chi connectivity index (χ0v) is 13.3. The third-order valence-corrected chi connectivity index (χ3v) is 4.82. The number of hydrogen-bond donors (Lipinski definition) is 1. The van der Waals surface area contributed by atoms with Crippen molar-refractivity contribution >= 4 is 0 Å². The summed E-state index contributed by atoms with van der Waals surface area (Å²) in [6.45, 7) is 4.10. The number of rotatable bonds is 6. The van der Waals surface area contributed by atoms with Crippen LogP contribution in [0.2, 0.25) is 0 Å². The van der Waals surface area contributed by atoms with Gasteiger partial charge in [-0.25, -0.2) is 0 Å². The number of aryl methyl sites for hydroxylation is 1. The second kappa shape index (κ2) is 7.23. The molecule has 3 atom stereocenters. The minimum absolute atomic E-state index is 0.630. The number of nitrogens with zero attached hydrogens (tertiary/aromatic N) is 3. The Kier molecular flexibility index (Phi) is 5.61. The standard InChI is InChI=1S/C16H30N4/c1-4-5-13-6-7-15(9-17)16(8-13)19(2)11-14-10-18-20(3)12-14/h10,12-13,15-16H,4-9,11,17H2,1-3H3. The van der Waals surface area contributed by atoms with Gasteiger partial charge in [0.25, 0.3) is 0 Å². The van der Waals surface area contributed by atoms with E-state index in [-0.39, 0.29) is 0 Å². The van der Waals surface area contributed by atoms with E-state index in [9.17, 15) is 0 Å². The highest BCUT2D eigenvalue weighted by atomic mass is 15.2. The molecule has 1 aliphatic carbocycles. The lowest BCUT2D eigenvalue weighted by atomic mass is 9.76. The number of aromatic nitrogens is 2. The van der Waals surface area contributed by atoms with Gasteiger partial charge in [0.2, 0.25) is 0 Å². The molecular weight excluding hydrogens is 248 g/mol. The average Bonchev–Trinajstić information content (AvgIpc) is 2.84.